The van der Waals surface area contributed by atoms with Crippen LogP contribution in [0.4, 0.5) is 0 Å². The maximum Gasteiger partial charge on any atom is 0.253 e. The molecular weight excluding hydrogens is 264 g/mol. The lowest BCUT2D eigenvalue weighted by Crippen LogP contribution is -2.30. The fraction of sp³-hybridized carbons (Fsp3) is 0.375. The van der Waals surface area contributed by atoms with Crippen molar-refractivity contribution in [2.75, 3.05) is 26.7 Å². The molecule has 0 spiro atoms. The summed E-state index contributed by atoms with van der Waals surface area (Å²) in [5.41, 5.74) is 1.71. The van der Waals surface area contributed by atoms with E-state index >= 15 is 0 Å². The van der Waals surface area contributed by atoms with Crippen LogP contribution in [0.1, 0.15) is 16.8 Å². The summed E-state index contributed by atoms with van der Waals surface area (Å²) in [7, 11) is 1.96. The van der Waals surface area contributed by atoms with Gasteiger partial charge in [0.2, 0.25) is 0 Å². The highest BCUT2D eigenvalue weighted by Crippen LogP contribution is 2.19. The Labute approximate surface area is 124 Å². The standard InChI is InChI=1S/C16H20N4O/c1-17-11-13-7-10-19(12-13)16(21)14-3-5-15(6-4-14)20-9-2-8-18-20/h2-6,8-9,13,17H,7,10-12H2,1H3/t13-/m1/s1. The zero-order valence-electron chi connectivity index (χ0n) is 12.2. The highest BCUT2D eigenvalue weighted by atomic mass is 16.2. The Morgan fingerprint density at radius 2 is 2.19 bits per heavy atom. The van der Waals surface area contributed by atoms with E-state index in [2.05, 4.69) is 10.4 Å². The second-order valence-electron chi connectivity index (χ2n) is 5.46. The third-order valence-electron chi connectivity index (χ3n) is 3.95. The Morgan fingerprint density at radius 3 is 2.86 bits per heavy atom. The van der Waals surface area contributed by atoms with Gasteiger partial charge in [-0.25, -0.2) is 4.68 Å². The Morgan fingerprint density at radius 1 is 1.38 bits per heavy atom. The van der Waals surface area contributed by atoms with Crippen LogP contribution in [0, 0.1) is 5.92 Å². The average Bonchev–Trinajstić information content (AvgIpc) is 3.19. The highest BCUT2D eigenvalue weighted by molar-refractivity contribution is 5.94. The minimum atomic E-state index is 0.126. The lowest BCUT2D eigenvalue weighted by atomic mass is 10.1. The van der Waals surface area contributed by atoms with Crippen molar-refractivity contribution >= 4 is 5.91 Å². The molecule has 1 aromatic carbocycles. The van der Waals surface area contributed by atoms with Gasteiger partial charge in [0.05, 0.1) is 5.69 Å². The first kappa shape index (κ1) is 13.8. The SMILES string of the molecule is CNC[C@H]1CCN(C(=O)c2ccc(-n3cccn3)cc2)C1. The van der Waals surface area contributed by atoms with Gasteiger partial charge in [0.15, 0.2) is 0 Å². The van der Waals surface area contributed by atoms with Gasteiger partial charge in [-0.2, -0.15) is 5.10 Å². The summed E-state index contributed by atoms with van der Waals surface area (Å²) in [5.74, 6) is 0.697. The topological polar surface area (TPSA) is 50.2 Å². The van der Waals surface area contributed by atoms with Crippen molar-refractivity contribution in [1.82, 2.24) is 20.0 Å². The van der Waals surface area contributed by atoms with E-state index < -0.39 is 0 Å². The van der Waals surface area contributed by atoms with Crippen LogP contribution < -0.4 is 5.32 Å². The number of carbonyl (C=O) groups excluding carboxylic acids is 1. The van der Waals surface area contributed by atoms with Crippen molar-refractivity contribution in [3.05, 3.63) is 48.3 Å². The van der Waals surface area contributed by atoms with Crippen LogP contribution in [0.5, 0.6) is 0 Å². The molecule has 0 radical (unpaired) electrons. The molecule has 0 bridgehead atoms. The van der Waals surface area contributed by atoms with Gasteiger partial charge < -0.3 is 10.2 Å². The van der Waals surface area contributed by atoms with Crippen LogP contribution in [-0.4, -0.2) is 47.3 Å². The predicted molar refractivity (Wildman–Crippen MR) is 81.5 cm³/mol. The molecule has 1 fully saturated rings. The van der Waals surface area contributed by atoms with Gasteiger partial charge in [0.1, 0.15) is 0 Å². The first-order valence-electron chi connectivity index (χ1n) is 7.32. The fourth-order valence-electron chi connectivity index (χ4n) is 2.83. The van der Waals surface area contributed by atoms with Crippen molar-refractivity contribution < 1.29 is 4.79 Å². The van der Waals surface area contributed by atoms with Gasteiger partial charge in [0.25, 0.3) is 5.91 Å². The van der Waals surface area contributed by atoms with E-state index in [1.54, 1.807) is 10.9 Å². The number of likely N-dealkylation sites (tertiary alicyclic amines) is 1. The van der Waals surface area contributed by atoms with Crippen LogP contribution in [0.2, 0.25) is 0 Å². The van der Waals surface area contributed by atoms with E-state index in [0.29, 0.717) is 5.92 Å². The number of hydrogen-bond acceptors (Lipinski definition) is 3. The highest BCUT2D eigenvalue weighted by Gasteiger charge is 2.26. The number of carbonyl (C=O) groups is 1. The first-order chi connectivity index (χ1) is 10.3. The molecular formula is C16H20N4O. The predicted octanol–water partition coefficient (Wildman–Crippen LogP) is 1.55. The third-order valence-corrected chi connectivity index (χ3v) is 3.95. The van der Waals surface area contributed by atoms with Crippen LogP contribution in [0.25, 0.3) is 5.69 Å². The van der Waals surface area contributed by atoms with Crippen molar-refractivity contribution in [1.29, 1.82) is 0 Å². The van der Waals surface area contributed by atoms with Crippen molar-refractivity contribution in [3.63, 3.8) is 0 Å². The van der Waals surface area contributed by atoms with Gasteiger partial charge in [-0.1, -0.05) is 0 Å². The van der Waals surface area contributed by atoms with Crippen LogP contribution in [0.15, 0.2) is 42.7 Å². The molecule has 1 aliphatic heterocycles. The van der Waals surface area contributed by atoms with Gasteiger partial charge >= 0.3 is 0 Å². The first-order valence-corrected chi connectivity index (χ1v) is 7.32. The molecule has 3 rings (SSSR count). The summed E-state index contributed by atoms with van der Waals surface area (Å²) in [5, 5.41) is 7.37. The molecule has 1 amide bonds. The molecule has 2 aromatic rings. The Balaban J connectivity index is 1.68. The smallest absolute Gasteiger partial charge is 0.253 e. The third kappa shape index (κ3) is 2.97. The van der Waals surface area contributed by atoms with Gasteiger partial charge in [0, 0.05) is 31.0 Å². The molecule has 1 atom stereocenters. The fourth-order valence-corrected chi connectivity index (χ4v) is 2.83. The van der Waals surface area contributed by atoms with Crippen molar-refractivity contribution in [2.24, 2.45) is 5.92 Å². The molecule has 0 unspecified atom stereocenters. The summed E-state index contributed by atoms with van der Waals surface area (Å²) in [6.45, 7) is 2.68. The average molecular weight is 284 g/mol. The molecule has 2 heterocycles. The minimum absolute atomic E-state index is 0.126. The zero-order chi connectivity index (χ0) is 14.7. The molecule has 1 saturated heterocycles. The van der Waals surface area contributed by atoms with E-state index in [1.165, 1.54) is 0 Å². The summed E-state index contributed by atoms with van der Waals surface area (Å²) in [6.07, 6.45) is 4.71. The van der Waals surface area contributed by atoms with E-state index in [9.17, 15) is 4.79 Å². The Hall–Kier alpha value is -2.14. The lowest BCUT2D eigenvalue weighted by Gasteiger charge is -2.16. The zero-order valence-corrected chi connectivity index (χ0v) is 12.2. The number of amides is 1. The molecule has 21 heavy (non-hydrogen) atoms. The minimum Gasteiger partial charge on any atom is -0.338 e. The summed E-state index contributed by atoms with van der Waals surface area (Å²) in [4.78, 5) is 14.4. The van der Waals surface area contributed by atoms with Crippen LogP contribution >= 0.6 is 0 Å². The van der Waals surface area contributed by atoms with E-state index in [1.807, 2.05) is 48.5 Å². The Kier molecular flexibility index (Phi) is 4.01. The molecule has 110 valence electrons. The molecule has 5 heteroatoms. The molecule has 1 N–H and O–H groups in total. The van der Waals surface area contributed by atoms with E-state index in [0.717, 1.165) is 37.3 Å². The van der Waals surface area contributed by atoms with Crippen molar-refractivity contribution in [2.45, 2.75) is 6.42 Å². The van der Waals surface area contributed by atoms with Crippen molar-refractivity contribution in [3.8, 4) is 5.69 Å². The monoisotopic (exact) mass is 284 g/mol. The number of benzene rings is 1. The van der Waals surface area contributed by atoms with Gasteiger partial charge in [-0.15, -0.1) is 0 Å². The normalized spacial score (nSPS) is 18.1. The summed E-state index contributed by atoms with van der Waals surface area (Å²) >= 11 is 0. The summed E-state index contributed by atoms with van der Waals surface area (Å²) in [6, 6.07) is 9.50. The molecule has 0 aliphatic carbocycles. The van der Waals surface area contributed by atoms with Gasteiger partial charge in [-0.05, 0) is 56.3 Å². The maximum atomic E-state index is 12.5. The quantitative estimate of drug-likeness (QED) is 0.927. The number of hydrogen-bond donors (Lipinski definition) is 1. The molecule has 0 saturated carbocycles. The number of nitrogens with zero attached hydrogens (tertiary/aromatic N) is 3. The second-order valence-corrected chi connectivity index (χ2v) is 5.46. The maximum absolute atomic E-state index is 12.5. The molecule has 5 nitrogen and oxygen atoms in total. The van der Waals surface area contributed by atoms with Gasteiger partial charge in [-0.3, -0.25) is 4.79 Å². The second kappa shape index (κ2) is 6.10. The van der Waals surface area contributed by atoms with Crippen LogP contribution in [0.3, 0.4) is 0 Å². The molecule has 1 aromatic heterocycles. The lowest BCUT2D eigenvalue weighted by molar-refractivity contribution is 0.0787. The number of aromatic nitrogens is 2. The number of nitrogens with one attached hydrogen (secondary N) is 1. The van der Waals surface area contributed by atoms with E-state index in [-0.39, 0.29) is 5.91 Å². The Bertz CT molecular complexity index is 591. The molecule has 1 aliphatic rings. The van der Waals surface area contributed by atoms with Crippen LogP contribution in [-0.2, 0) is 0 Å². The summed E-state index contributed by atoms with van der Waals surface area (Å²) < 4.78 is 1.78. The number of rotatable bonds is 4. The van der Waals surface area contributed by atoms with E-state index in [4.69, 9.17) is 0 Å². The largest absolute Gasteiger partial charge is 0.338 e.